The van der Waals surface area contributed by atoms with Crippen molar-refractivity contribution < 1.29 is 9.53 Å². The number of hydrogen-bond acceptors (Lipinski definition) is 2. The van der Waals surface area contributed by atoms with Gasteiger partial charge >= 0.3 is 5.97 Å². The maximum Gasteiger partial charge on any atom is 0.330 e. The summed E-state index contributed by atoms with van der Waals surface area (Å²) >= 11 is 0. The number of ether oxygens (including phenoxy) is 1. The Morgan fingerprint density at radius 1 is 0.792 bits per heavy atom. The molecule has 0 saturated heterocycles. The third-order valence-corrected chi connectivity index (χ3v) is 10.7. The van der Waals surface area contributed by atoms with Crippen LogP contribution in [0.2, 0.25) is 0 Å². The van der Waals surface area contributed by atoms with Crippen molar-refractivity contribution in [1.29, 1.82) is 0 Å². The summed E-state index contributed by atoms with van der Waals surface area (Å²) in [7, 11) is -0.564. The van der Waals surface area contributed by atoms with Crippen molar-refractivity contribution in [2.24, 2.45) is 0 Å². The highest BCUT2D eigenvalue weighted by molar-refractivity contribution is 7.75. The van der Waals surface area contributed by atoms with Crippen LogP contribution in [0.1, 0.15) is 85.0 Å². The molecule has 0 aliphatic heterocycles. The molecule has 24 heavy (non-hydrogen) atoms. The topological polar surface area (TPSA) is 26.3 Å². The van der Waals surface area contributed by atoms with Gasteiger partial charge in [-0.2, -0.15) is 0 Å². The molecule has 0 bridgehead atoms. The highest BCUT2D eigenvalue weighted by Gasteiger charge is 2.29. The molecule has 0 amide bonds. The minimum absolute atomic E-state index is 0.300. The fraction of sp³-hybridized carbons (Fsp3) is 0.857. The van der Waals surface area contributed by atoms with Gasteiger partial charge in [0, 0.05) is 13.3 Å². The molecule has 0 atom stereocenters. The van der Waals surface area contributed by atoms with Gasteiger partial charge in [0.05, 0.1) is 31.3 Å². The van der Waals surface area contributed by atoms with Gasteiger partial charge in [-0.1, -0.05) is 51.5 Å². The molecular formula is C21H42O2P+. The molecule has 0 N–H and O–H groups in total. The number of carbonyl (C=O) groups excluding carboxylic acids is 1. The molecule has 0 unspecified atom stereocenters. The van der Waals surface area contributed by atoms with Crippen LogP contribution in [0.25, 0.3) is 0 Å². The molecule has 0 radical (unpaired) electrons. The molecular weight excluding hydrogens is 315 g/mol. The molecule has 0 rings (SSSR count). The molecule has 142 valence electrons. The predicted octanol–water partition coefficient (Wildman–Crippen LogP) is 6.69. The Balaban J connectivity index is 3.31. The number of carbonyl (C=O) groups is 1. The molecule has 2 nitrogen and oxygen atoms in total. The molecule has 3 heteroatoms. The standard InChI is InChI=1S/C21H42O2P/c1-5-21(22)23-19-17-15-13-11-9-10-12-14-16-18-20-24(6-2,7-3)8-4/h5H,1,6-20H2,2-4H3/q+1. The van der Waals surface area contributed by atoms with E-state index in [4.69, 9.17) is 4.74 Å². The average molecular weight is 358 g/mol. The van der Waals surface area contributed by atoms with Crippen molar-refractivity contribution in [3.05, 3.63) is 12.7 Å². The molecule has 0 aromatic heterocycles. The van der Waals surface area contributed by atoms with E-state index in [1.165, 1.54) is 88.5 Å². The lowest BCUT2D eigenvalue weighted by molar-refractivity contribution is -0.137. The van der Waals surface area contributed by atoms with Gasteiger partial charge in [-0.25, -0.2) is 4.79 Å². The van der Waals surface area contributed by atoms with E-state index in [1.54, 1.807) is 0 Å². The van der Waals surface area contributed by atoms with Crippen LogP contribution >= 0.6 is 7.26 Å². The Bertz CT molecular complexity index is 303. The maximum atomic E-state index is 10.9. The summed E-state index contributed by atoms with van der Waals surface area (Å²) in [5, 5.41) is 0. The van der Waals surface area contributed by atoms with Crippen LogP contribution in [-0.4, -0.2) is 37.2 Å². The lowest BCUT2D eigenvalue weighted by Crippen LogP contribution is -2.07. The van der Waals surface area contributed by atoms with Crippen molar-refractivity contribution >= 4 is 13.2 Å². The zero-order chi connectivity index (χ0) is 18.1. The number of hydrogen-bond donors (Lipinski definition) is 0. The molecule has 0 spiro atoms. The van der Waals surface area contributed by atoms with Gasteiger partial charge in [0.1, 0.15) is 0 Å². The van der Waals surface area contributed by atoms with Crippen molar-refractivity contribution in [2.75, 3.05) is 31.3 Å². The molecule has 0 fully saturated rings. The molecule has 0 heterocycles. The van der Waals surface area contributed by atoms with E-state index < -0.39 is 7.26 Å². The molecule has 0 saturated carbocycles. The fourth-order valence-electron chi connectivity index (χ4n) is 3.34. The molecule has 0 aromatic carbocycles. The van der Waals surface area contributed by atoms with Gasteiger partial charge in [-0.05, 0) is 40.0 Å². The Kier molecular flexibility index (Phi) is 15.9. The summed E-state index contributed by atoms with van der Waals surface area (Å²) in [5.74, 6) is -0.300. The summed E-state index contributed by atoms with van der Waals surface area (Å²) in [6.07, 6.45) is 20.4. The van der Waals surface area contributed by atoms with E-state index in [0.717, 1.165) is 6.42 Å². The number of esters is 1. The zero-order valence-corrected chi connectivity index (χ0v) is 17.5. The SMILES string of the molecule is C=CC(=O)OCCCCCCCCCCCC[P+](CC)(CC)CC. The highest BCUT2D eigenvalue weighted by Crippen LogP contribution is 2.58. The fourth-order valence-corrected chi connectivity index (χ4v) is 6.53. The quantitative estimate of drug-likeness (QED) is 0.125. The van der Waals surface area contributed by atoms with E-state index in [2.05, 4.69) is 27.4 Å². The second kappa shape index (κ2) is 16.1. The van der Waals surface area contributed by atoms with E-state index in [-0.39, 0.29) is 5.97 Å². The second-order valence-electron chi connectivity index (χ2n) is 6.92. The van der Waals surface area contributed by atoms with Crippen LogP contribution in [0.4, 0.5) is 0 Å². The first kappa shape index (κ1) is 23.6. The van der Waals surface area contributed by atoms with Gasteiger partial charge < -0.3 is 4.74 Å². The van der Waals surface area contributed by atoms with Crippen molar-refractivity contribution in [2.45, 2.75) is 85.0 Å². The van der Waals surface area contributed by atoms with Gasteiger partial charge in [-0.15, -0.1) is 0 Å². The summed E-state index contributed by atoms with van der Waals surface area (Å²) in [4.78, 5) is 10.9. The van der Waals surface area contributed by atoms with Crippen molar-refractivity contribution in [3.63, 3.8) is 0 Å². The zero-order valence-electron chi connectivity index (χ0n) is 16.7. The Morgan fingerprint density at radius 2 is 1.21 bits per heavy atom. The van der Waals surface area contributed by atoms with Crippen LogP contribution < -0.4 is 0 Å². The highest BCUT2D eigenvalue weighted by atomic mass is 31.2. The van der Waals surface area contributed by atoms with Crippen LogP contribution in [0.3, 0.4) is 0 Å². The van der Waals surface area contributed by atoms with Crippen molar-refractivity contribution in [1.82, 2.24) is 0 Å². The molecule has 0 aliphatic carbocycles. The Hall–Kier alpha value is -0.360. The van der Waals surface area contributed by atoms with E-state index in [0.29, 0.717) is 6.61 Å². The van der Waals surface area contributed by atoms with Gasteiger partial charge in [0.25, 0.3) is 0 Å². The maximum absolute atomic E-state index is 10.9. The van der Waals surface area contributed by atoms with E-state index >= 15 is 0 Å². The first-order valence-electron chi connectivity index (χ1n) is 10.3. The van der Waals surface area contributed by atoms with E-state index in [1.807, 2.05) is 0 Å². The largest absolute Gasteiger partial charge is 0.463 e. The Morgan fingerprint density at radius 3 is 1.62 bits per heavy atom. The van der Waals surface area contributed by atoms with Crippen molar-refractivity contribution in [3.8, 4) is 0 Å². The molecule has 0 aromatic rings. The Labute approximate surface area is 152 Å². The minimum atomic E-state index is -0.564. The van der Waals surface area contributed by atoms with Crippen LogP contribution in [-0.2, 0) is 9.53 Å². The van der Waals surface area contributed by atoms with Gasteiger partial charge in [0.2, 0.25) is 0 Å². The summed E-state index contributed by atoms with van der Waals surface area (Å²) in [6.45, 7) is 11.2. The van der Waals surface area contributed by atoms with Gasteiger partial charge in [0.15, 0.2) is 0 Å². The lowest BCUT2D eigenvalue weighted by atomic mass is 10.1. The minimum Gasteiger partial charge on any atom is -0.463 e. The van der Waals surface area contributed by atoms with Crippen LogP contribution in [0, 0.1) is 0 Å². The second-order valence-corrected chi connectivity index (χ2v) is 11.9. The number of unbranched alkanes of at least 4 members (excludes halogenated alkanes) is 9. The predicted molar refractivity (Wildman–Crippen MR) is 111 cm³/mol. The summed E-state index contributed by atoms with van der Waals surface area (Å²) in [6, 6.07) is 0. The van der Waals surface area contributed by atoms with E-state index in [9.17, 15) is 4.79 Å². The van der Waals surface area contributed by atoms with Gasteiger partial charge in [-0.3, -0.25) is 0 Å². The normalized spacial score (nSPS) is 11.5. The smallest absolute Gasteiger partial charge is 0.330 e. The summed E-state index contributed by atoms with van der Waals surface area (Å²) < 4.78 is 4.97. The monoisotopic (exact) mass is 357 g/mol. The number of rotatable bonds is 17. The molecule has 0 aliphatic rings. The van der Waals surface area contributed by atoms with Crippen LogP contribution in [0.5, 0.6) is 0 Å². The first-order chi connectivity index (χ1) is 11.6. The third kappa shape index (κ3) is 12.1. The van der Waals surface area contributed by atoms with Crippen LogP contribution in [0.15, 0.2) is 12.7 Å². The summed E-state index contributed by atoms with van der Waals surface area (Å²) in [5.41, 5.74) is 0. The lowest BCUT2D eigenvalue weighted by Gasteiger charge is -2.23. The first-order valence-corrected chi connectivity index (χ1v) is 12.8. The third-order valence-electron chi connectivity index (χ3n) is 5.45. The average Bonchev–Trinajstić information content (AvgIpc) is 2.62.